The lowest BCUT2D eigenvalue weighted by Crippen LogP contribution is -2.60. The monoisotopic (exact) mass is 587 g/mol. The molecular weight excluding hydrogens is 534 g/mol. The van der Waals surface area contributed by atoms with Gasteiger partial charge in [0.05, 0.1) is 50.7 Å². The maximum atomic E-state index is 12.2. The highest BCUT2D eigenvalue weighted by atomic mass is 16.7. The number of aliphatic carboxylic acids is 1. The van der Waals surface area contributed by atoms with E-state index >= 15 is 0 Å². The maximum Gasteiger partial charge on any atom is 0.332 e. The van der Waals surface area contributed by atoms with Gasteiger partial charge in [-0.15, -0.1) is 0 Å². The van der Waals surface area contributed by atoms with Crippen LogP contribution in [-0.2, 0) is 23.7 Å². The van der Waals surface area contributed by atoms with Crippen LogP contribution in [0.4, 0.5) is 0 Å². The Kier molecular flexibility index (Phi) is 6.25. The lowest BCUT2D eigenvalue weighted by Gasteiger charge is -2.64. The summed E-state index contributed by atoms with van der Waals surface area (Å²) in [7, 11) is 0. The Morgan fingerprint density at radius 2 is 1.74 bits per heavy atom. The van der Waals surface area contributed by atoms with Crippen LogP contribution in [0.3, 0.4) is 0 Å². The average molecular weight is 588 g/mol. The number of morpholine rings is 1. The minimum Gasteiger partial charge on any atom is -0.479 e. The van der Waals surface area contributed by atoms with Crippen LogP contribution in [-0.4, -0.2) is 90.7 Å². The molecule has 13 atom stereocenters. The summed E-state index contributed by atoms with van der Waals surface area (Å²) in [5.74, 6) is 0.611. The minimum atomic E-state index is -0.889. The van der Waals surface area contributed by atoms with Crippen LogP contribution in [0.1, 0.15) is 86.0 Å². The summed E-state index contributed by atoms with van der Waals surface area (Å²) < 4.78 is 24.7. The number of carboxylic acids is 1. The van der Waals surface area contributed by atoms with Crippen molar-refractivity contribution in [3.05, 3.63) is 0 Å². The van der Waals surface area contributed by atoms with Gasteiger partial charge in [0, 0.05) is 12.0 Å². The molecule has 3 heterocycles. The molecule has 0 aromatic heterocycles. The molecule has 42 heavy (non-hydrogen) atoms. The molecule has 8 unspecified atom stereocenters. The van der Waals surface area contributed by atoms with Crippen molar-refractivity contribution >= 4 is 5.97 Å². The second kappa shape index (κ2) is 9.16. The smallest absolute Gasteiger partial charge is 0.332 e. The molecule has 0 aromatic rings. The van der Waals surface area contributed by atoms with E-state index in [9.17, 15) is 15.0 Å². The predicted molar refractivity (Wildman–Crippen MR) is 155 cm³/mol. The van der Waals surface area contributed by atoms with E-state index in [2.05, 4.69) is 39.5 Å². The molecule has 8 nitrogen and oxygen atoms in total. The quantitative estimate of drug-likeness (QED) is 0.502. The molecule has 8 fully saturated rings. The summed E-state index contributed by atoms with van der Waals surface area (Å²) in [4.78, 5) is 14.4. The van der Waals surface area contributed by atoms with E-state index in [1.54, 1.807) is 0 Å². The van der Waals surface area contributed by atoms with Crippen LogP contribution in [0.5, 0.6) is 0 Å². The number of hydrogen-bond donors (Lipinski definition) is 2. The van der Waals surface area contributed by atoms with Gasteiger partial charge in [-0.05, 0) is 96.7 Å². The SMILES string of the molecule is C[C@@H]1CC(C(=O)O)OC2C1C1(C)CCC34CC35CCC(O[C@H]3CN(C6COC6)CCO3)C(C)(C)[C@@H]5CCC4[C@]1(C)[C@H]2O. The minimum absolute atomic E-state index is 0.0436. The van der Waals surface area contributed by atoms with Crippen LogP contribution in [0.2, 0.25) is 0 Å². The zero-order valence-electron chi connectivity index (χ0n) is 26.3. The number of aliphatic hydroxyl groups excluding tert-OH is 1. The summed E-state index contributed by atoms with van der Waals surface area (Å²) in [6.45, 7) is 16.1. The second-order valence-corrected chi connectivity index (χ2v) is 17.0. The number of rotatable bonds is 4. The van der Waals surface area contributed by atoms with Gasteiger partial charge in [-0.2, -0.15) is 0 Å². The van der Waals surface area contributed by atoms with E-state index in [0.717, 1.165) is 52.2 Å². The number of carbonyl (C=O) groups is 1. The largest absolute Gasteiger partial charge is 0.479 e. The van der Waals surface area contributed by atoms with Gasteiger partial charge in [0.25, 0.3) is 0 Å². The third-order valence-corrected chi connectivity index (χ3v) is 15.5. The molecule has 0 amide bonds. The predicted octanol–water partition coefficient (Wildman–Crippen LogP) is 4.33. The zero-order valence-corrected chi connectivity index (χ0v) is 26.3. The first-order valence-electron chi connectivity index (χ1n) is 17.0. The Hall–Kier alpha value is -0.770. The van der Waals surface area contributed by atoms with E-state index in [1.165, 1.54) is 25.7 Å². The van der Waals surface area contributed by atoms with E-state index in [4.69, 9.17) is 18.9 Å². The van der Waals surface area contributed by atoms with E-state index in [1.807, 2.05) is 0 Å². The fraction of sp³-hybridized carbons (Fsp3) is 0.971. The fourth-order valence-corrected chi connectivity index (χ4v) is 13.3. The third-order valence-electron chi connectivity index (χ3n) is 15.5. The molecule has 236 valence electrons. The van der Waals surface area contributed by atoms with Crippen molar-refractivity contribution in [2.75, 3.05) is 32.9 Å². The Balaban J connectivity index is 1.04. The molecule has 8 aliphatic rings. The van der Waals surface area contributed by atoms with Gasteiger partial charge in [-0.25, -0.2) is 4.79 Å². The maximum absolute atomic E-state index is 12.2. The zero-order chi connectivity index (χ0) is 29.4. The van der Waals surface area contributed by atoms with Crippen molar-refractivity contribution in [2.24, 2.45) is 50.7 Å². The van der Waals surface area contributed by atoms with E-state index < -0.39 is 18.2 Å². The first kappa shape index (κ1) is 28.7. The summed E-state index contributed by atoms with van der Waals surface area (Å²) >= 11 is 0. The number of carboxylic acid groups (broad SMARTS) is 1. The van der Waals surface area contributed by atoms with Gasteiger partial charge >= 0.3 is 5.97 Å². The van der Waals surface area contributed by atoms with Gasteiger partial charge in [-0.3, -0.25) is 4.90 Å². The number of fused-ring (bicyclic) bond motifs is 4. The van der Waals surface area contributed by atoms with Gasteiger partial charge in [0.15, 0.2) is 12.4 Å². The summed E-state index contributed by atoms with van der Waals surface area (Å²) in [6, 6.07) is 0.515. The molecule has 2 N–H and O–H groups in total. The van der Waals surface area contributed by atoms with E-state index in [0.29, 0.717) is 29.7 Å². The summed E-state index contributed by atoms with van der Waals surface area (Å²) in [6.07, 6.45) is 6.99. The highest BCUT2D eigenvalue weighted by Gasteiger charge is 2.84. The van der Waals surface area contributed by atoms with Crippen LogP contribution in [0, 0.1) is 50.7 Å². The van der Waals surface area contributed by atoms with Gasteiger partial charge in [0.1, 0.15) is 0 Å². The number of hydrogen-bond acceptors (Lipinski definition) is 7. The van der Waals surface area contributed by atoms with Crippen molar-refractivity contribution in [2.45, 2.75) is 123 Å². The Bertz CT molecular complexity index is 1130. The van der Waals surface area contributed by atoms with Crippen LogP contribution in [0.15, 0.2) is 0 Å². The lowest BCUT2D eigenvalue weighted by atomic mass is 9.41. The van der Waals surface area contributed by atoms with Gasteiger partial charge in [0.2, 0.25) is 0 Å². The highest BCUT2D eigenvalue weighted by molar-refractivity contribution is 5.72. The Morgan fingerprint density at radius 1 is 1.00 bits per heavy atom. The molecule has 3 saturated heterocycles. The number of aliphatic hydroxyl groups is 1. The molecule has 0 radical (unpaired) electrons. The fourth-order valence-electron chi connectivity index (χ4n) is 13.3. The normalized spacial score (nSPS) is 56.7. The summed E-state index contributed by atoms with van der Waals surface area (Å²) in [5.41, 5.74) is 0.361. The van der Waals surface area contributed by atoms with Crippen molar-refractivity contribution in [3.8, 4) is 0 Å². The van der Waals surface area contributed by atoms with Gasteiger partial charge in [-0.1, -0.05) is 34.6 Å². The van der Waals surface area contributed by atoms with Gasteiger partial charge < -0.3 is 29.2 Å². The Morgan fingerprint density at radius 3 is 2.45 bits per heavy atom. The van der Waals surface area contributed by atoms with E-state index in [-0.39, 0.29) is 52.0 Å². The first-order valence-corrected chi connectivity index (χ1v) is 17.0. The highest BCUT2D eigenvalue weighted by Crippen LogP contribution is 2.89. The lowest BCUT2D eigenvalue weighted by molar-refractivity contribution is -0.256. The molecular formula is C34H53NO7. The van der Waals surface area contributed by atoms with Crippen LogP contribution < -0.4 is 0 Å². The number of nitrogens with zero attached hydrogens (tertiary/aromatic N) is 1. The first-order chi connectivity index (χ1) is 19.9. The third kappa shape index (κ3) is 3.43. The number of ether oxygens (including phenoxy) is 4. The summed E-state index contributed by atoms with van der Waals surface area (Å²) in [5, 5.41) is 22.0. The molecule has 5 aliphatic carbocycles. The standard InChI is InChI=1S/C34H53NO7/c1-19-14-21(29(37)38)41-27-26(19)31(4)10-11-34-18-33(34)9-8-24(42-25-15-35(12-13-40-25)20-16-39-17-20)30(2,3)22(33)6-7-23(34)32(31,5)28(27)36/h19-28,36H,6-18H2,1-5H3,(H,37,38)/t19-,21?,22+,23?,24?,25+,26?,27?,28+,31?,32-,33?,34?/m1/s1. The molecule has 8 heteroatoms. The molecule has 0 bridgehead atoms. The average Bonchev–Trinajstić information content (AvgIpc) is 3.54. The van der Waals surface area contributed by atoms with Crippen molar-refractivity contribution in [1.29, 1.82) is 0 Å². The Labute approximate surface area is 251 Å². The van der Waals surface area contributed by atoms with Crippen molar-refractivity contribution in [1.82, 2.24) is 4.90 Å². The topological polar surface area (TPSA) is 97.7 Å². The van der Waals surface area contributed by atoms with Crippen molar-refractivity contribution in [3.63, 3.8) is 0 Å². The molecule has 8 rings (SSSR count). The molecule has 3 aliphatic heterocycles. The molecule has 2 spiro atoms. The molecule has 5 saturated carbocycles. The second-order valence-electron chi connectivity index (χ2n) is 17.0. The van der Waals surface area contributed by atoms with Crippen LogP contribution in [0.25, 0.3) is 0 Å². The van der Waals surface area contributed by atoms with Crippen molar-refractivity contribution < 1.29 is 34.0 Å². The van der Waals surface area contributed by atoms with Crippen LogP contribution >= 0.6 is 0 Å². The molecule has 0 aromatic carbocycles.